The van der Waals surface area contributed by atoms with E-state index in [1.165, 1.54) is 43.8 Å². The van der Waals surface area contributed by atoms with Crippen molar-refractivity contribution >= 4 is 11.3 Å². The quantitative estimate of drug-likeness (QED) is 0.805. The highest BCUT2D eigenvalue weighted by Gasteiger charge is 2.31. The zero-order valence-corrected chi connectivity index (χ0v) is 13.1. The third-order valence-electron chi connectivity index (χ3n) is 4.33. The fourth-order valence-corrected chi connectivity index (χ4v) is 3.95. The number of aromatic nitrogens is 1. The first-order valence-electron chi connectivity index (χ1n) is 7.63. The predicted octanol–water partition coefficient (Wildman–Crippen LogP) is 3.35. The van der Waals surface area contributed by atoms with Crippen molar-refractivity contribution in [3.05, 3.63) is 16.6 Å². The molecule has 0 saturated carbocycles. The van der Waals surface area contributed by atoms with Gasteiger partial charge >= 0.3 is 0 Å². The Hall–Kier alpha value is -0.450. The third-order valence-corrected chi connectivity index (χ3v) is 5.21. The summed E-state index contributed by atoms with van der Waals surface area (Å²) in [5.41, 5.74) is 0.505. The highest BCUT2D eigenvalue weighted by molar-refractivity contribution is 7.09. The van der Waals surface area contributed by atoms with E-state index in [4.69, 9.17) is 0 Å². The van der Waals surface area contributed by atoms with E-state index >= 15 is 0 Å². The van der Waals surface area contributed by atoms with E-state index in [9.17, 15) is 0 Å². The van der Waals surface area contributed by atoms with Crippen LogP contribution in [0.15, 0.2) is 11.6 Å². The normalized spacial score (nSPS) is 20.3. The van der Waals surface area contributed by atoms with Gasteiger partial charge in [0.1, 0.15) is 5.01 Å². The maximum Gasteiger partial charge on any atom is 0.109 e. The maximum atomic E-state index is 4.46. The third kappa shape index (κ3) is 4.01. The van der Waals surface area contributed by atoms with Crippen molar-refractivity contribution in [2.75, 3.05) is 19.6 Å². The van der Waals surface area contributed by atoms with Gasteiger partial charge in [0.25, 0.3) is 0 Å². The summed E-state index contributed by atoms with van der Waals surface area (Å²) in [7, 11) is 0. The minimum atomic E-state index is 0.434. The Morgan fingerprint density at radius 3 is 2.79 bits per heavy atom. The number of hydrogen-bond acceptors (Lipinski definition) is 4. The summed E-state index contributed by atoms with van der Waals surface area (Å²) in [6.45, 7) is 8.04. The topological polar surface area (TPSA) is 37.0 Å². The van der Waals surface area contributed by atoms with Gasteiger partial charge in [0.15, 0.2) is 0 Å². The Balaban J connectivity index is 1.93. The summed E-state index contributed by atoms with van der Waals surface area (Å²) in [6, 6.07) is 0.434. The van der Waals surface area contributed by atoms with Crippen molar-refractivity contribution < 1.29 is 0 Å². The lowest BCUT2D eigenvalue weighted by atomic mass is 9.75. The summed E-state index contributed by atoms with van der Waals surface area (Å²) in [4.78, 5) is 4.46. The summed E-state index contributed by atoms with van der Waals surface area (Å²) in [5, 5.41) is 10.6. The number of rotatable bonds is 7. The lowest BCUT2D eigenvalue weighted by Gasteiger charge is -2.39. The molecule has 2 rings (SSSR count). The molecule has 1 aromatic rings. The van der Waals surface area contributed by atoms with Gasteiger partial charge in [0.05, 0.1) is 6.04 Å². The lowest BCUT2D eigenvalue weighted by Crippen LogP contribution is -2.44. The van der Waals surface area contributed by atoms with E-state index < -0.39 is 0 Å². The van der Waals surface area contributed by atoms with Crippen LogP contribution in [0.2, 0.25) is 0 Å². The Labute approximate surface area is 121 Å². The number of piperidine rings is 1. The standard InChI is InChI=1S/C15H27N3S/c1-3-5-15(6-8-16-9-7-15)12-18-13(4-2)14-17-10-11-19-14/h10-11,13,16,18H,3-9,12H2,1-2H3. The lowest BCUT2D eigenvalue weighted by molar-refractivity contribution is 0.169. The van der Waals surface area contributed by atoms with Crippen molar-refractivity contribution in [2.45, 2.75) is 52.0 Å². The molecule has 0 aromatic carbocycles. The molecule has 0 radical (unpaired) electrons. The first-order valence-corrected chi connectivity index (χ1v) is 8.51. The number of thiazole rings is 1. The smallest absolute Gasteiger partial charge is 0.109 e. The molecule has 1 saturated heterocycles. The van der Waals surface area contributed by atoms with Crippen LogP contribution in [0, 0.1) is 5.41 Å². The van der Waals surface area contributed by atoms with Crippen LogP contribution in [0.25, 0.3) is 0 Å². The van der Waals surface area contributed by atoms with Crippen LogP contribution in [0.4, 0.5) is 0 Å². The van der Waals surface area contributed by atoms with Gasteiger partial charge in [-0.25, -0.2) is 4.98 Å². The summed E-state index contributed by atoms with van der Waals surface area (Å²) >= 11 is 1.77. The highest BCUT2D eigenvalue weighted by Crippen LogP contribution is 2.34. The minimum Gasteiger partial charge on any atom is -0.317 e. The van der Waals surface area contributed by atoms with Crippen LogP contribution in [-0.4, -0.2) is 24.6 Å². The summed E-state index contributed by atoms with van der Waals surface area (Å²) in [6.07, 6.45) is 8.28. The Bertz CT molecular complexity index is 339. The van der Waals surface area contributed by atoms with Crippen LogP contribution < -0.4 is 10.6 Å². The van der Waals surface area contributed by atoms with Crippen molar-refractivity contribution in [1.82, 2.24) is 15.6 Å². The second-order valence-electron chi connectivity index (χ2n) is 5.71. The van der Waals surface area contributed by atoms with Gasteiger partial charge in [-0.2, -0.15) is 0 Å². The first kappa shape index (κ1) is 14.9. The van der Waals surface area contributed by atoms with Crippen LogP contribution in [-0.2, 0) is 0 Å². The molecule has 2 N–H and O–H groups in total. The average molecular weight is 281 g/mol. The van der Waals surface area contributed by atoms with Gasteiger partial charge in [0.2, 0.25) is 0 Å². The molecule has 0 spiro atoms. The van der Waals surface area contributed by atoms with Gasteiger partial charge in [-0.05, 0) is 44.2 Å². The zero-order valence-electron chi connectivity index (χ0n) is 12.2. The van der Waals surface area contributed by atoms with E-state index in [1.807, 2.05) is 6.20 Å². The van der Waals surface area contributed by atoms with Gasteiger partial charge in [-0.15, -0.1) is 11.3 Å². The van der Waals surface area contributed by atoms with E-state index in [2.05, 4.69) is 34.8 Å². The highest BCUT2D eigenvalue weighted by atomic mass is 32.1. The molecule has 0 aliphatic carbocycles. The van der Waals surface area contributed by atoms with Crippen LogP contribution in [0.1, 0.15) is 57.0 Å². The van der Waals surface area contributed by atoms with Crippen molar-refractivity contribution in [3.63, 3.8) is 0 Å². The Kier molecular flexibility index (Phi) is 5.79. The summed E-state index contributed by atoms with van der Waals surface area (Å²) in [5.74, 6) is 0. The molecule has 2 heterocycles. The number of nitrogens with one attached hydrogen (secondary N) is 2. The second kappa shape index (κ2) is 7.36. The Morgan fingerprint density at radius 1 is 1.42 bits per heavy atom. The number of nitrogens with zero attached hydrogens (tertiary/aromatic N) is 1. The molecule has 1 aromatic heterocycles. The van der Waals surface area contributed by atoms with Gasteiger partial charge in [-0.1, -0.05) is 20.3 Å². The molecule has 1 atom stereocenters. The minimum absolute atomic E-state index is 0.434. The van der Waals surface area contributed by atoms with E-state index in [-0.39, 0.29) is 0 Å². The molecule has 1 aliphatic rings. The summed E-state index contributed by atoms with van der Waals surface area (Å²) < 4.78 is 0. The van der Waals surface area contributed by atoms with Crippen molar-refractivity contribution in [1.29, 1.82) is 0 Å². The van der Waals surface area contributed by atoms with Crippen molar-refractivity contribution in [3.8, 4) is 0 Å². The van der Waals surface area contributed by atoms with Gasteiger partial charge < -0.3 is 10.6 Å². The molecule has 19 heavy (non-hydrogen) atoms. The molecular formula is C15H27N3S. The molecule has 3 nitrogen and oxygen atoms in total. The van der Waals surface area contributed by atoms with Crippen LogP contribution in [0.5, 0.6) is 0 Å². The molecule has 108 valence electrons. The molecule has 0 amide bonds. The fraction of sp³-hybridized carbons (Fsp3) is 0.800. The number of hydrogen-bond donors (Lipinski definition) is 2. The van der Waals surface area contributed by atoms with E-state index in [0.29, 0.717) is 11.5 Å². The zero-order chi connectivity index (χ0) is 13.6. The SMILES string of the molecule is CCCC1(CNC(CC)c2nccs2)CCNCC1. The second-order valence-corrected chi connectivity index (χ2v) is 6.64. The maximum absolute atomic E-state index is 4.46. The average Bonchev–Trinajstić information content (AvgIpc) is 2.95. The molecule has 4 heteroatoms. The van der Waals surface area contributed by atoms with Crippen LogP contribution in [0.3, 0.4) is 0 Å². The fourth-order valence-electron chi connectivity index (χ4n) is 3.16. The van der Waals surface area contributed by atoms with Crippen molar-refractivity contribution in [2.24, 2.45) is 5.41 Å². The largest absolute Gasteiger partial charge is 0.317 e. The predicted molar refractivity (Wildman–Crippen MR) is 82.6 cm³/mol. The van der Waals surface area contributed by atoms with Gasteiger partial charge in [-0.3, -0.25) is 0 Å². The Morgan fingerprint density at radius 2 is 2.21 bits per heavy atom. The van der Waals surface area contributed by atoms with Crippen LogP contribution >= 0.6 is 11.3 Å². The van der Waals surface area contributed by atoms with E-state index in [0.717, 1.165) is 13.0 Å². The monoisotopic (exact) mass is 281 g/mol. The molecule has 1 unspecified atom stereocenters. The molecule has 1 fully saturated rings. The molecular weight excluding hydrogens is 254 g/mol. The van der Waals surface area contributed by atoms with Gasteiger partial charge in [0, 0.05) is 18.1 Å². The first-order chi connectivity index (χ1) is 9.29. The molecule has 0 bridgehead atoms. The van der Waals surface area contributed by atoms with E-state index in [1.54, 1.807) is 11.3 Å². The molecule has 1 aliphatic heterocycles.